The molecule has 0 saturated carbocycles. The van der Waals surface area contributed by atoms with Gasteiger partial charge in [0, 0.05) is 12.5 Å². The summed E-state index contributed by atoms with van der Waals surface area (Å²) in [5.74, 6) is 0.259. The van der Waals surface area contributed by atoms with Crippen LogP contribution in [0.25, 0.3) is 0 Å². The molecule has 82 valence electrons. The number of ketones is 1. The first-order valence-corrected chi connectivity index (χ1v) is 5.62. The van der Waals surface area contributed by atoms with Crippen LogP contribution >= 0.6 is 12.2 Å². The molecule has 0 spiro atoms. The minimum atomic E-state index is -0.466. The Hall–Kier alpha value is -0.440. The van der Waals surface area contributed by atoms with E-state index in [1.165, 1.54) is 0 Å². The van der Waals surface area contributed by atoms with Crippen LogP contribution in [0.2, 0.25) is 0 Å². The van der Waals surface area contributed by atoms with Gasteiger partial charge in [0.1, 0.15) is 0 Å². The summed E-state index contributed by atoms with van der Waals surface area (Å²) in [6, 6.07) is 0.267. The standard InChI is InChI=1S/C11H21NOS/c1-6-7-10(13)11(4,5)12(8-14)9(2)3/h8-9H,6-7H2,1-5H3. The zero-order chi connectivity index (χ0) is 11.4. The van der Waals surface area contributed by atoms with Gasteiger partial charge >= 0.3 is 0 Å². The van der Waals surface area contributed by atoms with Gasteiger partial charge in [0.2, 0.25) is 0 Å². The van der Waals surface area contributed by atoms with E-state index in [9.17, 15) is 4.79 Å². The van der Waals surface area contributed by atoms with Gasteiger partial charge in [0.05, 0.1) is 11.0 Å². The summed E-state index contributed by atoms with van der Waals surface area (Å²) in [7, 11) is 0. The predicted molar refractivity (Wildman–Crippen MR) is 64.6 cm³/mol. The Labute approximate surface area is 92.7 Å². The van der Waals surface area contributed by atoms with Crippen LogP contribution < -0.4 is 0 Å². The molecule has 0 amide bonds. The lowest BCUT2D eigenvalue weighted by atomic mass is 9.93. The zero-order valence-corrected chi connectivity index (χ0v) is 10.6. The molecule has 0 radical (unpaired) electrons. The Morgan fingerprint density at radius 3 is 2.29 bits per heavy atom. The number of hydrogen-bond acceptors (Lipinski definition) is 2. The minimum absolute atomic E-state index is 0.259. The van der Waals surface area contributed by atoms with E-state index in [2.05, 4.69) is 0 Å². The van der Waals surface area contributed by atoms with Gasteiger partial charge in [-0.15, -0.1) is 0 Å². The van der Waals surface area contributed by atoms with Crippen molar-refractivity contribution < 1.29 is 4.79 Å². The van der Waals surface area contributed by atoms with E-state index in [-0.39, 0.29) is 11.8 Å². The van der Waals surface area contributed by atoms with Crippen LogP contribution in [-0.4, -0.2) is 27.8 Å². The monoisotopic (exact) mass is 215 g/mol. The first-order chi connectivity index (χ1) is 6.37. The number of carbonyl (C=O) groups excluding carboxylic acids is 1. The number of Topliss-reactive ketones (excluding diaryl/α,β-unsaturated/α-hetero) is 1. The van der Waals surface area contributed by atoms with Crippen molar-refractivity contribution in [3.63, 3.8) is 0 Å². The van der Waals surface area contributed by atoms with Crippen LogP contribution in [0.3, 0.4) is 0 Å². The highest BCUT2D eigenvalue weighted by Crippen LogP contribution is 2.19. The van der Waals surface area contributed by atoms with E-state index in [4.69, 9.17) is 12.2 Å². The molecule has 3 heteroatoms. The van der Waals surface area contributed by atoms with Crippen LogP contribution in [0.5, 0.6) is 0 Å². The maximum Gasteiger partial charge on any atom is 0.157 e. The van der Waals surface area contributed by atoms with Crippen molar-refractivity contribution >= 4 is 23.5 Å². The maximum atomic E-state index is 11.9. The number of thiocarbonyl (C=S) groups is 1. The lowest BCUT2D eigenvalue weighted by Gasteiger charge is -2.38. The molecular weight excluding hydrogens is 194 g/mol. The molecule has 0 aromatic carbocycles. The second-order valence-corrected chi connectivity index (χ2v) is 4.55. The van der Waals surface area contributed by atoms with Crippen molar-refractivity contribution in [2.75, 3.05) is 0 Å². The summed E-state index contributed by atoms with van der Waals surface area (Å²) < 4.78 is 0. The lowest BCUT2D eigenvalue weighted by molar-refractivity contribution is -0.127. The molecule has 0 aromatic rings. The third-order valence-electron chi connectivity index (χ3n) is 2.47. The normalized spacial score (nSPS) is 11.6. The molecule has 0 aliphatic rings. The average Bonchev–Trinajstić information content (AvgIpc) is 2.04. The summed E-state index contributed by atoms with van der Waals surface area (Å²) in [5, 5.41) is 0. The van der Waals surface area contributed by atoms with Crippen molar-refractivity contribution in [3.05, 3.63) is 0 Å². The van der Waals surface area contributed by atoms with E-state index in [1.807, 2.05) is 39.5 Å². The molecule has 0 N–H and O–H groups in total. The third-order valence-corrected chi connectivity index (χ3v) is 2.70. The van der Waals surface area contributed by atoms with Crippen LogP contribution in [-0.2, 0) is 4.79 Å². The van der Waals surface area contributed by atoms with Crippen molar-refractivity contribution in [3.8, 4) is 0 Å². The number of rotatable bonds is 6. The van der Waals surface area contributed by atoms with Gasteiger partial charge in [-0.25, -0.2) is 0 Å². The quantitative estimate of drug-likeness (QED) is 0.635. The Balaban J connectivity index is 4.71. The molecule has 0 aliphatic heterocycles. The van der Waals surface area contributed by atoms with Gasteiger partial charge in [-0.3, -0.25) is 4.79 Å². The Kier molecular flexibility index (Phi) is 5.27. The van der Waals surface area contributed by atoms with Gasteiger partial charge in [-0.05, 0) is 34.1 Å². The lowest BCUT2D eigenvalue weighted by Crippen LogP contribution is -2.52. The van der Waals surface area contributed by atoms with Gasteiger partial charge in [0.25, 0.3) is 0 Å². The molecule has 0 saturated heterocycles. The van der Waals surface area contributed by atoms with Crippen molar-refractivity contribution in [2.45, 2.75) is 59.0 Å². The molecule has 0 heterocycles. The summed E-state index contributed by atoms with van der Waals surface area (Å²) in [4.78, 5) is 13.8. The van der Waals surface area contributed by atoms with Crippen LogP contribution in [0.1, 0.15) is 47.5 Å². The number of carbonyl (C=O) groups is 1. The Morgan fingerprint density at radius 1 is 1.50 bits per heavy atom. The largest absolute Gasteiger partial charge is 0.354 e. The fourth-order valence-electron chi connectivity index (χ4n) is 1.58. The number of hydrogen-bond donors (Lipinski definition) is 0. The molecule has 0 fully saturated rings. The molecule has 14 heavy (non-hydrogen) atoms. The molecule has 0 rings (SSSR count). The molecule has 2 nitrogen and oxygen atoms in total. The predicted octanol–water partition coefficient (Wildman–Crippen LogP) is 2.80. The summed E-state index contributed by atoms with van der Waals surface area (Å²) >= 11 is 4.95. The van der Waals surface area contributed by atoms with Gasteiger partial charge in [-0.2, -0.15) is 0 Å². The highest BCUT2D eigenvalue weighted by molar-refractivity contribution is 7.78. The van der Waals surface area contributed by atoms with Crippen molar-refractivity contribution in [2.24, 2.45) is 0 Å². The SMILES string of the molecule is CCCC(=O)C(C)(C)N(C=S)C(C)C. The average molecular weight is 215 g/mol. The van der Waals surface area contributed by atoms with Gasteiger partial charge in [-0.1, -0.05) is 19.1 Å². The van der Waals surface area contributed by atoms with Crippen LogP contribution in [0.4, 0.5) is 0 Å². The van der Waals surface area contributed by atoms with E-state index < -0.39 is 5.54 Å². The van der Waals surface area contributed by atoms with Crippen molar-refractivity contribution in [1.29, 1.82) is 0 Å². The topological polar surface area (TPSA) is 20.3 Å². The second kappa shape index (κ2) is 5.44. The highest BCUT2D eigenvalue weighted by Gasteiger charge is 2.33. The van der Waals surface area contributed by atoms with Crippen LogP contribution in [0.15, 0.2) is 0 Å². The summed E-state index contributed by atoms with van der Waals surface area (Å²) in [5.41, 5.74) is 1.13. The third kappa shape index (κ3) is 3.05. The smallest absolute Gasteiger partial charge is 0.157 e. The molecule has 0 aromatic heterocycles. The molecular formula is C11H21NOS. The summed E-state index contributed by atoms with van der Waals surface area (Å²) in [6.45, 7) is 9.99. The maximum absolute atomic E-state index is 11.9. The van der Waals surface area contributed by atoms with E-state index in [0.717, 1.165) is 6.42 Å². The van der Waals surface area contributed by atoms with Crippen LogP contribution in [0, 0.1) is 0 Å². The van der Waals surface area contributed by atoms with Gasteiger partial charge in [0.15, 0.2) is 5.78 Å². The Morgan fingerprint density at radius 2 is 2.00 bits per heavy atom. The second-order valence-electron chi connectivity index (χ2n) is 4.34. The zero-order valence-electron chi connectivity index (χ0n) is 9.83. The highest BCUT2D eigenvalue weighted by atomic mass is 32.1. The molecule has 0 unspecified atom stereocenters. The Bertz CT molecular complexity index is 211. The van der Waals surface area contributed by atoms with E-state index >= 15 is 0 Å². The number of nitrogens with zero attached hydrogens (tertiary/aromatic N) is 1. The fraction of sp³-hybridized carbons (Fsp3) is 0.818. The summed E-state index contributed by atoms with van der Waals surface area (Å²) in [6.07, 6.45) is 1.52. The van der Waals surface area contributed by atoms with Gasteiger partial charge < -0.3 is 4.90 Å². The molecule has 0 bridgehead atoms. The first-order valence-electron chi connectivity index (χ1n) is 5.15. The first kappa shape index (κ1) is 13.6. The minimum Gasteiger partial charge on any atom is -0.354 e. The molecule has 0 aliphatic carbocycles. The van der Waals surface area contributed by atoms with E-state index in [1.54, 1.807) is 5.49 Å². The molecule has 0 atom stereocenters. The fourth-order valence-corrected chi connectivity index (χ4v) is 2.08. The van der Waals surface area contributed by atoms with E-state index in [0.29, 0.717) is 6.42 Å². The van der Waals surface area contributed by atoms with Crippen molar-refractivity contribution in [1.82, 2.24) is 4.90 Å².